The number of sulfonamides is 1. The molecule has 0 aliphatic rings. The van der Waals surface area contributed by atoms with Gasteiger partial charge < -0.3 is 9.15 Å². The molecule has 1 rings (SSSR count). The molecule has 0 aromatic carbocycles. The first-order valence-corrected chi connectivity index (χ1v) is 8.66. The number of likely N-dealkylation sites (N-methyl/N-ethyl adjacent to an activating group) is 1. The van der Waals surface area contributed by atoms with Crippen molar-refractivity contribution in [3.8, 4) is 0 Å². The van der Waals surface area contributed by atoms with Gasteiger partial charge in [0.15, 0.2) is 4.67 Å². The van der Waals surface area contributed by atoms with Crippen LogP contribution < -0.4 is 0 Å². The highest BCUT2D eigenvalue weighted by molar-refractivity contribution is 9.10. The van der Waals surface area contributed by atoms with E-state index >= 15 is 0 Å². The van der Waals surface area contributed by atoms with Gasteiger partial charge in [-0.25, -0.2) is 8.42 Å². The molecule has 0 radical (unpaired) electrons. The van der Waals surface area contributed by atoms with Gasteiger partial charge in [0.25, 0.3) is 0 Å². The molecule has 1 aromatic rings. The monoisotopic (exact) mass is 373 g/mol. The van der Waals surface area contributed by atoms with E-state index in [4.69, 9.17) is 20.8 Å². The number of furan rings is 1. The fraction of sp³-hybridized carbons (Fsp3) is 0.636. The van der Waals surface area contributed by atoms with Crippen LogP contribution in [0.15, 0.2) is 20.0 Å². The number of hydrogen-bond acceptors (Lipinski definition) is 4. The molecule has 0 bridgehead atoms. The number of halogens is 2. The summed E-state index contributed by atoms with van der Waals surface area (Å²) < 4.78 is 36.8. The highest BCUT2D eigenvalue weighted by Crippen LogP contribution is 2.29. The van der Waals surface area contributed by atoms with Crippen molar-refractivity contribution in [2.24, 2.45) is 0 Å². The molecule has 0 spiro atoms. The molecule has 5 nitrogen and oxygen atoms in total. The summed E-state index contributed by atoms with van der Waals surface area (Å²) in [6.07, 6.45) is 0. The lowest BCUT2D eigenvalue weighted by molar-refractivity contribution is 0.135. The molecule has 1 aromatic heterocycles. The highest BCUT2D eigenvalue weighted by Gasteiger charge is 2.28. The van der Waals surface area contributed by atoms with E-state index in [0.29, 0.717) is 32.1 Å². The van der Waals surface area contributed by atoms with Crippen LogP contribution in [0.3, 0.4) is 0 Å². The van der Waals surface area contributed by atoms with Crippen molar-refractivity contribution in [2.75, 3.05) is 26.3 Å². The minimum atomic E-state index is -3.60. The molecule has 8 heteroatoms. The molecular weight excluding hydrogens is 358 g/mol. The topological polar surface area (TPSA) is 59.8 Å². The summed E-state index contributed by atoms with van der Waals surface area (Å²) in [7, 11) is -3.60. The predicted octanol–water partition coefficient (Wildman–Crippen LogP) is 2.83. The predicted molar refractivity (Wildman–Crippen MR) is 76.9 cm³/mol. The Morgan fingerprint density at radius 2 is 2.16 bits per heavy atom. The van der Waals surface area contributed by atoms with Gasteiger partial charge in [0.05, 0.1) is 12.5 Å². The molecule has 0 aliphatic carbocycles. The van der Waals surface area contributed by atoms with Crippen LogP contribution in [0.4, 0.5) is 0 Å². The first kappa shape index (κ1) is 17.0. The van der Waals surface area contributed by atoms with Crippen molar-refractivity contribution in [1.29, 1.82) is 0 Å². The number of ether oxygens (including phenoxy) is 1. The Labute approximate surface area is 127 Å². The van der Waals surface area contributed by atoms with Gasteiger partial charge in [0.2, 0.25) is 10.0 Å². The molecule has 0 saturated carbocycles. The SMILES string of the molecule is CCOCCN(CC)S(=O)(=O)c1cc(CCl)oc1Br. The van der Waals surface area contributed by atoms with E-state index in [9.17, 15) is 8.42 Å². The Kier molecular flexibility index (Phi) is 6.82. The standard InChI is InChI=1S/C11H17BrClNO4S/c1-3-14(5-6-17-4-2)19(15,16)10-7-9(8-13)18-11(10)12/h7H,3-6,8H2,1-2H3. The third-order valence-corrected chi connectivity index (χ3v) is 5.59. The molecule has 0 fully saturated rings. The molecule has 110 valence electrons. The van der Waals surface area contributed by atoms with Gasteiger partial charge >= 0.3 is 0 Å². The third-order valence-electron chi connectivity index (χ3n) is 2.50. The van der Waals surface area contributed by atoms with Crippen molar-refractivity contribution in [3.05, 3.63) is 16.5 Å². The van der Waals surface area contributed by atoms with E-state index in [-0.39, 0.29) is 15.4 Å². The van der Waals surface area contributed by atoms with Crippen LogP contribution in [-0.4, -0.2) is 39.0 Å². The lowest BCUT2D eigenvalue weighted by Crippen LogP contribution is -2.33. The molecule has 0 amide bonds. The Morgan fingerprint density at radius 1 is 1.47 bits per heavy atom. The number of alkyl halides is 1. The van der Waals surface area contributed by atoms with Crippen molar-refractivity contribution < 1.29 is 17.6 Å². The quantitative estimate of drug-likeness (QED) is 0.518. The van der Waals surface area contributed by atoms with Gasteiger partial charge in [-0.3, -0.25) is 0 Å². The second-order valence-electron chi connectivity index (χ2n) is 3.68. The van der Waals surface area contributed by atoms with E-state index in [1.165, 1.54) is 10.4 Å². The smallest absolute Gasteiger partial charge is 0.247 e. The number of nitrogens with zero attached hydrogens (tertiary/aromatic N) is 1. The summed E-state index contributed by atoms with van der Waals surface area (Å²) in [6.45, 7) is 5.23. The average molecular weight is 375 g/mol. The van der Waals surface area contributed by atoms with Gasteiger partial charge in [0, 0.05) is 25.8 Å². The normalized spacial score (nSPS) is 12.3. The minimum absolute atomic E-state index is 0.0986. The third kappa shape index (κ3) is 4.19. The summed E-state index contributed by atoms with van der Waals surface area (Å²) in [6, 6.07) is 1.44. The van der Waals surface area contributed by atoms with Crippen molar-refractivity contribution in [3.63, 3.8) is 0 Å². The summed E-state index contributed by atoms with van der Waals surface area (Å²) in [5, 5.41) is 0. The van der Waals surface area contributed by atoms with Crippen LogP contribution in [0.1, 0.15) is 19.6 Å². The zero-order chi connectivity index (χ0) is 14.5. The van der Waals surface area contributed by atoms with Crippen LogP contribution in [-0.2, 0) is 20.6 Å². The van der Waals surface area contributed by atoms with Crippen molar-refractivity contribution >= 4 is 37.6 Å². The number of hydrogen-bond donors (Lipinski definition) is 0. The zero-order valence-corrected chi connectivity index (χ0v) is 14.0. The van der Waals surface area contributed by atoms with E-state index < -0.39 is 10.0 Å². The Hall–Kier alpha value is -0.0800. The molecule has 0 atom stereocenters. The second kappa shape index (κ2) is 7.64. The molecule has 19 heavy (non-hydrogen) atoms. The van der Waals surface area contributed by atoms with E-state index in [1.807, 2.05) is 6.92 Å². The van der Waals surface area contributed by atoms with Crippen LogP contribution in [0.25, 0.3) is 0 Å². The Bertz CT molecular complexity index is 503. The van der Waals surface area contributed by atoms with Gasteiger partial charge in [-0.05, 0) is 22.9 Å². The van der Waals surface area contributed by atoms with Gasteiger partial charge in [0.1, 0.15) is 10.7 Å². The highest BCUT2D eigenvalue weighted by atomic mass is 79.9. The second-order valence-corrected chi connectivity index (χ2v) is 6.57. The average Bonchev–Trinajstić information content (AvgIpc) is 2.76. The first-order chi connectivity index (χ1) is 8.97. The lowest BCUT2D eigenvalue weighted by Gasteiger charge is -2.19. The van der Waals surface area contributed by atoms with E-state index in [0.717, 1.165) is 0 Å². The van der Waals surface area contributed by atoms with E-state index in [2.05, 4.69) is 15.9 Å². The van der Waals surface area contributed by atoms with Gasteiger partial charge in [-0.1, -0.05) is 6.92 Å². The fourth-order valence-corrected chi connectivity index (χ4v) is 4.06. The molecule has 0 aliphatic heterocycles. The fourth-order valence-electron chi connectivity index (χ4n) is 1.54. The van der Waals surface area contributed by atoms with Crippen LogP contribution in [0.2, 0.25) is 0 Å². The first-order valence-electron chi connectivity index (χ1n) is 5.89. The molecule has 0 N–H and O–H groups in total. The summed E-state index contributed by atoms with van der Waals surface area (Å²) in [5.41, 5.74) is 0. The molecule has 0 unspecified atom stereocenters. The molecular formula is C11H17BrClNO4S. The lowest BCUT2D eigenvalue weighted by atomic mass is 10.5. The summed E-state index contributed by atoms with van der Waals surface area (Å²) in [4.78, 5) is 0.0986. The summed E-state index contributed by atoms with van der Waals surface area (Å²) >= 11 is 8.75. The van der Waals surface area contributed by atoms with Gasteiger partial charge in [-0.2, -0.15) is 4.31 Å². The maximum Gasteiger partial charge on any atom is 0.247 e. The van der Waals surface area contributed by atoms with Crippen LogP contribution >= 0.6 is 27.5 Å². The zero-order valence-electron chi connectivity index (χ0n) is 10.9. The summed E-state index contributed by atoms with van der Waals surface area (Å²) in [5.74, 6) is 0.534. The van der Waals surface area contributed by atoms with E-state index in [1.54, 1.807) is 6.92 Å². The van der Waals surface area contributed by atoms with Crippen LogP contribution in [0, 0.1) is 0 Å². The maximum atomic E-state index is 12.4. The molecule has 0 saturated heterocycles. The largest absolute Gasteiger partial charge is 0.452 e. The molecule has 1 heterocycles. The van der Waals surface area contributed by atoms with Gasteiger partial charge in [-0.15, -0.1) is 11.6 Å². The van der Waals surface area contributed by atoms with Crippen molar-refractivity contribution in [2.45, 2.75) is 24.6 Å². The van der Waals surface area contributed by atoms with Crippen LogP contribution in [0.5, 0.6) is 0 Å². The number of rotatable bonds is 8. The maximum absolute atomic E-state index is 12.4. The Balaban J connectivity index is 2.96. The Morgan fingerprint density at radius 3 is 2.63 bits per heavy atom. The minimum Gasteiger partial charge on any atom is -0.452 e. The van der Waals surface area contributed by atoms with Crippen molar-refractivity contribution in [1.82, 2.24) is 4.31 Å².